The van der Waals surface area contributed by atoms with E-state index in [0.29, 0.717) is 19.5 Å². The molecule has 0 saturated carbocycles. The van der Waals surface area contributed by atoms with Crippen molar-refractivity contribution in [2.24, 2.45) is 0 Å². The molecule has 1 N–H and O–H groups in total. The molecule has 0 aliphatic carbocycles. The molecule has 2 rings (SSSR count). The standard InChI is InChI=1S/C14H16F4N2O/c15-11-5-3-10(4-6-11)8-20-7-1-2-12(20)13(21)19-9-14(16,17)18/h3-6,12H,1-2,7-9H2,(H,19,21)/t12-/m1/s1. The summed E-state index contributed by atoms with van der Waals surface area (Å²) in [6.45, 7) is -0.251. The lowest BCUT2D eigenvalue weighted by Crippen LogP contribution is -2.45. The molecule has 1 fully saturated rings. The maximum atomic E-state index is 12.8. The molecule has 1 amide bonds. The van der Waals surface area contributed by atoms with E-state index >= 15 is 0 Å². The summed E-state index contributed by atoms with van der Waals surface area (Å²) < 4.78 is 49.2. The Morgan fingerprint density at radius 3 is 2.57 bits per heavy atom. The average Bonchev–Trinajstić information content (AvgIpc) is 2.86. The third-order valence-electron chi connectivity index (χ3n) is 3.43. The van der Waals surface area contributed by atoms with Crippen LogP contribution in [-0.4, -0.2) is 36.1 Å². The van der Waals surface area contributed by atoms with Gasteiger partial charge in [0.25, 0.3) is 0 Å². The van der Waals surface area contributed by atoms with Crippen molar-refractivity contribution < 1.29 is 22.4 Å². The van der Waals surface area contributed by atoms with Gasteiger partial charge in [0.15, 0.2) is 0 Å². The molecule has 1 aliphatic rings. The van der Waals surface area contributed by atoms with Gasteiger partial charge in [-0.05, 0) is 37.1 Å². The summed E-state index contributed by atoms with van der Waals surface area (Å²) >= 11 is 0. The number of carbonyl (C=O) groups is 1. The van der Waals surface area contributed by atoms with Gasteiger partial charge in [-0.3, -0.25) is 9.69 Å². The molecule has 1 atom stereocenters. The number of alkyl halides is 3. The number of hydrogen-bond acceptors (Lipinski definition) is 2. The molecule has 0 spiro atoms. The molecule has 3 nitrogen and oxygen atoms in total. The fourth-order valence-electron chi connectivity index (χ4n) is 2.44. The minimum atomic E-state index is -4.41. The molecule has 1 aromatic carbocycles. The molecule has 1 saturated heterocycles. The highest BCUT2D eigenvalue weighted by atomic mass is 19.4. The van der Waals surface area contributed by atoms with Gasteiger partial charge in [-0.15, -0.1) is 0 Å². The summed E-state index contributed by atoms with van der Waals surface area (Å²) in [5.74, 6) is -0.952. The Morgan fingerprint density at radius 1 is 1.29 bits per heavy atom. The van der Waals surface area contributed by atoms with Crippen LogP contribution in [0, 0.1) is 5.82 Å². The van der Waals surface area contributed by atoms with Crippen LogP contribution in [0.15, 0.2) is 24.3 Å². The van der Waals surface area contributed by atoms with Crippen molar-refractivity contribution in [3.63, 3.8) is 0 Å². The number of rotatable bonds is 4. The fraction of sp³-hybridized carbons (Fsp3) is 0.500. The normalized spacial score (nSPS) is 19.7. The van der Waals surface area contributed by atoms with Crippen molar-refractivity contribution in [3.05, 3.63) is 35.6 Å². The van der Waals surface area contributed by atoms with Crippen molar-refractivity contribution in [2.45, 2.75) is 31.6 Å². The van der Waals surface area contributed by atoms with Crippen molar-refractivity contribution in [1.82, 2.24) is 10.2 Å². The van der Waals surface area contributed by atoms with Gasteiger partial charge in [0, 0.05) is 6.54 Å². The third kappa shape index (κ3) is 4.70. The van der Waals surface area contributed by atoms with Gasteiger partial charge in [-0.2, -0.15) is 13.2 Å². The first-order chi connectivity index (χ1) is 9.85. The van der Waals surface area contributed by atoms with E-state index in [4.69, 9.17) is 0 Å². The highest BCUT2D eigenvalue weighted by Gasteiger charge is 2.33. The number of likely N-dealkylation sites (tertiary alicyclic amines) is 1. The van der Waals surface area contributed by atoms with Crippen molar-refractivity contribution in [2.75, 3.05) is 13.1 Å². The Hall–Kier alpha value is -1.63. The predicted molar refractivity (Wildman–Crippen MR) is 68.9 cm³/mol. The van der Waals surface area contributed by atoms with Crippen LogP contribution in [-0.2, 0) is 11.3 Å². The van der Waals surface area contributed by atoms with E-state index in [9.17, 15) is 22.4 Å². The van der Waals surface area contributed by atoms with Gasteiger partial charge in [0.05, 0.1) is 6.04 Å². The molecule has 21 heavy (non-hydrogen) atoms. The number of carbonyl (C=O) groups excluding carboxylic acids is 1. The molecule has 0 bridgehead atoms. The summed E-state index contributed by atoms with van der Waals surface area (Å²) in [6.07, 6.45) is -3.12. The number of amides is 1. The van der Waals surface area contributed by atoms with E-state index in [0.717, 1.165) is 12.0 Å². The second kappa shape index (κ2) is 6.43. The predicted octanol–water partition coefficient (Wildman–Crippen LogP) is 2.47. The quantitative estimate of drug-likeness (QED) is 0.867. The number of nitrogens with one attached hydrogen (secondary N) is 1. The lowest BCUT2D eigenvalue weighted by atomic mass is 10.1. The number of benzene rings is 1. The lowest BCUT2D eigenvalue weighted by molar-refractivity contribution is -0.141. The van der Waals surface area contributed by atoms with Crippen molar-refractivity contribution >= 4 is 5.91 Å². The highest BCUT2D eigenvalue weighted by molar-refractivity contribution is 5.82. The summed E-state index contributed by atoms with van der Waals surface area (Å²) in [4.78, 5) is 13.7. The number of halogens is 4. The van der Waals surface area contributed by atoms with E-state index in [1.165, 1.54) is 12.1 Å². The van der Waals surface area contributed by atoms with Crippen LogP contribution in [0.3, 0.4) is 0 Å². The van der Waals surface area contributed by atoms with Crippen LogP contribution in [0.4, 0.5) is 17.6 Å². The van der Waals surface area contributed by atoms with Gasteiger partial charge in [-0.25, -0.2) is 4.39 Å². The van der Waals surface area contributed by atoms with Crippen LogP contribution in [0.1, 0.15) is 18.4 Å². The van der Waals surface area contributed by atoms with Crippen molar-refractivity contribution in [3.8, 4) is 0 Å². The second-order valence-electron chi connectivity index (χ2n) is 5.09. The third-order valence-corrected chi connectivity index (χ3v) is 3.43. The summed E-state index contributed by atoms with van der Waals surface area (Å²) in [5.41, 5.74) is 0.826. The molecule has 0 unspecified atom stereocenters. The maximum absolute atomic E-state index is 12.8. The van der Waals surface area contributed by atoms with E-state index in [1.807, 2.05) is 10.2 Å². The smallest absolute Gasteiger partial charge is 0.346 e. The molecule has 1 aromatic rings. The SMILES string of the molecule is O=C(NCC(F)(F)F)[C@H]1CCCN1Cc1ccc(F)cc1. The first-order valence-electron chi connectivity index (χ1n) is 6.68. The largest absolute Gasteiger partial charge is 0.405 e. The molecular formula is C14H16F4N2O. The Labute approximate surface area is 119 Å². The number of hydrogen-bond donors (Lipinski definition) is 1. The van der Waals surface area contributed by atoms with Gasteiger partial charge >= 0.3 is 6.18 Å². The molecule has 116 valence electrons. The Balaban J connectivity index is 1.93. The van der Waals surface area contributed by atoms with E-state index < -0.39 is 24.7 Å². The number of nitrogens with zero attached hydrogens (tertiary/aromatic N) is 1. The van der Waals surface area contributed by atoms with Gasteiger partial charge in [0.1, 0.15) is 12.4 Å². The zero-order valence-corrected chi connectivity index (χ0v) is 11.3. The van der Waals surface area contributed by atoms with Crippen molar-refractivity contribution in [1.29, 1.82) is 0 Å². The van der Waals surface area contributed by atoms with E-state index in [-0.39, 0.29) is 5.82 Å². The zero-order valence-electron chi connectivity index (χ0n) is 11.3. The maximum Gasteiger partial charge on any atom is 0.405 e. The van der Waals surface area contributed by atoms with Crippen LogP contribution in [0.5, 0.6) is 0 Å². The first kappa shape index (κ1) is 15.8. The fourth-order valence-corrected chi connectivity index (χ4v) is 2.44. The molecular weight excluding hydrogens is 288 g/mol. The second-order valence-corrected chi connectivity index (χ2v) is 5.09. The molecule has 0 aromatic heterocycles. The van der Waals surface area contributed by atoms with Gasteiger partial charge in [0.2, 0.25) is 5.91 Å². The van der Waals surface area contributed by atoms with Gasteiger partial charge in [-0.1, -0.05) is 12.1 Å². The highest BCUT2D eigenvalue weighted by Crippen LogP contribution is 2.21. The summed E-state index contributed by atoms with van der Waals surface area (Å²) in [7, 11) is 0. The van der Waals surface area contributed by atoms with Crippen LogP contribution in [0.25, 0.3) is 0 Å². The van der Waals surface area contributed by atoms with E-state index in [2.05, 4.69) is 0 Å². The minimum Gasteiger partial charge on any atom is -0.346 e. The monoisotopic (exact) mass is 304 g/mol. The zero-order chi connectivity index (χ0) is 15.5. The van der Waals surface area contributed by atoms with Crippen LogP contribution in [0.2, 0.25) is 0 Å². The van der Waals surface area contributed by atoms with Gasteiger partial charge < -0.3 is 5.32 Å². The van der Waals surface area contributed by atoms with E-state index in [1.54, 1.807) is 12.1 Å². The lowest BCUT2D eigenvalue weighted by Gasteiger charge is -2.24. The van der Waals surface area contributed by atoms with Crippen LogP contribution < -0.4 is 5.32 Å². The Bertz CT molecular complexity index is 487. The molecule has 7 heteroatoms. The molecule has 1 aliphatic heterocycles. The molecule has 1 heterocycles. The summed E-state index contributed by atoms with van der Waals surface area (Å²) in [6, 6.07) is 5.31. The van der Waals surface area contributed by atoms with Crippen LogP contribution >= 0.6 is 0 Å². The Kier molecular flexibility index (Phi) is 4.82. The minimum absolute atomic E-state index is 0.348. The topological polar surface area (TPSA) is 32.3 Å². The first-order valence-corrected chi connectivity index (χ1v) is 6.68. The molecule has 0 radical (unpaired) electrons. The Morgan fingerprint density at radius 2 is 1.95 bits per heavy atom. The average molecular weight is 304 g/mol. The summed E-state index contributed by atoms with van der Waals surface area (Å²) in [5, 5.41) is 1.92.